The number of aliphatic carboxylic acids is 1. The lowest BCUT2D eigenvalue weighted by Crippen LogP contribution is -2.18. The van der Waals surface area contributed by atoms with E-state index in [1.807, 2.05) is 0 Å². The minimum atomic E-state index is -1.09. The molecule has 1 atom stereocenters. The van der Waals surface area contributed by atoms with Gasteiger partial charge in [0.25, 0.3) is 0 Å². The van der Waals surface area contributed by atoms with Crippen molar-refractivity contribution in [1.82, 2.24) is 0 Å². The Bertz CT molecular complexity index is 443. The smallest absolute Gasteiger partial charge is 0.328 e. The van der Waals surface area contributed by atoms with Crippen LogP contribution in [0.15, 0.2) is 24.3 Å². The largest absolute Gasteiger partial charge is 0.488 e. The normalized spacial score (nSPS) is 12.6. The van der Waals surface area contributed by atoms with E-state index in [1.54, 1.807) is 20.1 Å². The topological polar surface area (TPSA) is 55.8 Å². The van der Waals surface area contributed by atoms with Gasteiger partial charge in [-0.2, -0.15) is 0 Å². The second kappa shape index (κ2) is 6.76. The second-order valence-electron chi connectivity index (χ2n) is 3.78. The number of carboxylic acid groups (broad SMARTS) is 1. The van der Waals surface area contributed by atoms with Crippen LogP contribution < -0.4 is 4.74 Å². The van der Waals surface area contributed by atoms with E-state index in [4.69, 9.17) is 14.6 Å². The molecule has 4 nitrogen and oxygen atoms in total. The Morgan fingerprint density at radius 2 is 2.22 bits per heavy atom. The highest BCUT2D eigenvalue weighted by Crippen LogP contribution is 2.18. The number of ether oxygens (including phenoxy) is 2. The van der Waals surface area contributed by atoms with E-state index in [1.165, 1.54) is 18.2 Å². The van der Waals surface area contributed by atoms with Crippen LogP contribution in [0.25, 0.3) is 6.08 Å². The monoisotopic (exact) mass is 254 g/mol. The third-order valence-electron chi connectivity index (χ3n) is 2.05. The van der Waals surface area contributed by atoms with Gasteiger partial charge in [0.2, 0.25) is 0 Å². The van der Waals surface area contributed by atoms with Crippen LogP contribution >= 0.6 is 0 Å². The maximum Gasteiger partial charge on any atom is 0.328 e. The van der Waals surface area contributed by atoms with Gasteiger partial charge in [-0.05, 0) is 30.7 Å². The first kappa shape index (κ1) is 14.2. The van der Waals surface area contributed by atoms with Gasteiger partial charge in [0, 0.05) is 19.3 Å². The molecule has 1 N–H and O–H groups in total. The highest BCUT2D eigenvalue weighted by atomic mass is 19.1. The Kier molecular flexibility index (Phi) is 5.32. The molecule has 0 heterocycles. The Morgan fingerprint density at radius 3 is 2.83 bits per heavy atom. The fraction of sp³-hybridized carbons (Fsp3) is 0.308. The predicted octanol–water partition coefficient (Wildman–Crippen LogP) is 2.34. The number of hydrogen-bond acceptors (Lipinski definition) is 3. The first-order valence-corrected chi connectivity index (χ1v) is 5.38. The minimum Gasteiger partial charge on any atom is -0.488 e. The van der Waals surface area contributed by atoms with Crippen LogP contribution in [0.5, 0.6) is 5.75 Å². The number of methoxy groups -OCH3 is 1. The molecular formula is C13H15FO4. The molecule has 18 heavy (non-hydrogen) atoms. The number of carbonyl (C=O) groups is 1. The van der Waals surface area contributed by atoms with Crippen molar-refractivity contribution >= 4 is 12.0 Å². The van der Waals surface area contributed by atoms with Crippen molar-refractivity contribution in [3.63, 3.8) is 0 Å². The molecule has 0 radical (unpaired) electrons. The zero-order valence-electron chi connectivity index (χ0n) is 10.2. The summed E-state index contributed by atoms with van der Waals surface area (Å²) in [5.41, 5.74) is 0.428. The van der Waals surface area contributed by atoms with E-state index in [-0.39, 0.29) is 6.10 Å². The molecule has 0 spiro atoms. The van der Waals surface area contributed by atoms with Crippen molar-refractivity contribution in [1.29, 1.82) is 0 Å². The number of rotatable bonds is 6. The molecule has 0 aliphatic carbocycles. The summed E-state index contributed by atoms with van der Waals surface area (Å²) in [5, 5.41) is 8.50. The average Bonchev–Trinajstić information content (AvgIpc) is 2.25. The van der Waals surface area contributed by atoms with E-state index in [0.717, 1.165) is 6.08 Å². The van der Waals surface area contributed by atoms with Gasteiger partial charge in [0.15, 0.2) is 0 Å². The minimum absolute atomic E-state index is 0.215. The maximum absolute atomic E-state index is 13.3. The van der Waals surface area contributed by atoms with Crippen LogP contribution in [-0.4, -0.2) is 30.9 Å². The maximum atomic E-state index is 13.3. The summed E-state index contributed by atoms with van der Waals surface area (Å²) >= 11 is 0. The van der Waals surface area contributed by atoms with Crippen LogP contribution in [0.2, 0.25) is 0 Å². The Labute approximate surface area is 105 Å². The van der Waals surface area contributed by atoms with Crippen molar-refractivity contribution in [3.05, 3.63) is 35.7 Å². The number of hydrogen-bond donors (Lipinski definition) is 1. The van der Waals surface area contributed by atoms with Gasteiger partial charge in [-0.1, -0.05) is 0 Å². The lowest BCUT2D eigenvalue weighted by Gasteiger charge is -2.14. The average molecular weight is 254 g/mol. The standard InChI is InChI=1S/C13H15FO4/c1-9(8-17-2)18-12-6-10(3-4-13(15)16)5-11(14)7-12/h3-7,9H,8H2,1-2H3,(H,15,16)/b4-3+. The first-order valence-electron chi connectivity index (χ1n) is 5.38. The summed E-state index contributed by atoms with van der Waals surface area (Å²) in [6.45, 7) is 2.18. The van der Waals surface area contributed by atoms with Gasteiger partial charge in [-0.15, -0.1) is 0 Å². The van der Waals surface area contributed by atoms with E-state index in [0.29, 0.717) is 17.9 Å². The van der Waals surface area contributed by atoms with Crippen molar-refractivity contribution in [2.24, 2.45) is 0 Å². The number of halogens is 1. The van der Waals surface area contributed by atoms with E-state index in [2.05, 4.69) is 0 Å². The zero-order chi connectivity index (χ0) is 13.5. The quantitative estimate of drug-likeness (QED) is 0.792. The molecule has 0 fully saturated rings. The summed E-state index contributed by atoms with van der Waals surface area (Å²) in [6.07, 6.45) is 2.03. The van der Waals surface area contributed by atoms with Crippen LogP contribution in [0, 0.1) is 5.82 Å². The van der Waals surface area contributed by atoms with Gasteiger partial charge >= 0.3 is 5.97 Å². The molecule has 1 aromatic rings. The SMILES string of the molecule is COCC(C)Oc1cc(F)cc(/C=C/C(=O)O)c1. The lowest BCUT2D eigenvalue weighted by molar-refractivity contribution is -0.131. The summed E-state index contributed by atoms with van der Waals surface area (Å²) in [5.74, 6) is -1.23. The Hall–Kier alpha value is -1.88. The summed E-state index contributed by atoms with van der Waals surface area (Å²) < 4.78 is 23.6. The van der Waals surface area contributed by atoms with E-state index >= 15 is 0 Å². The molecular weight excluding hydrogens is 239 g/mol. The molecule has 0 aliphatic heterocycles. The molecule has 0 saturated carbocycles. The molecule has 0 amide bonds. The molecule has 0 bridgehead atoms. The van der Waals surface area contributed by atoms with Gasteiger partial charge in [-0.25, -0.2) is 9.18 Å². The van der Waals surface area contributed by atoms with Crippen LogP contribution in [0.4, 0.5) is 4.39 Å². The van der Waals surface area contributed by atoms with Gasteiger partial charge < -0.3 is 14.6 Å². The Morgan fingerprint density at radius 1 is 1.50 bits per heavy atom. The van der Waals surface area contributed by atoms with Crippen LogP contribution in [0.1, 0.15) is 12.5 Å². The van der Waals surface area contributed by atoms with Gasteiger partial charge in [0.1, 0.15) is 17.7 Å². The summed E-state index contributed by atoms with van der Waals surface area (Å²) in [6, 6.07) is 4.03. The summed E-state index contributed by atoms with van der Waals surface area (Å²) in [4.78, 5) is 10.4. The third-order valence-corrected chi connectivity index (χ3v) is 2.05. The van der Waals surface area contributed by atoms with Gasteiger partial charge in [-0.3, -0.25) is 0 Å². The highest BCUT2D eigenvalue weighted by molar-refractivity contribution is 5.85. The van der Waals surface area contributed by atoms with E-state index < -0.39 is 11.8 Å². The molecule has 0 aromatic heterocycles. The first-order chi connectivity index (χ1) is 8.51. The predicted molar refractivity (Wildman–Crippen MR) is 65.0 cm³/mol. The third kappa shape index (κ3) is 4.97. The molecule has 1 unspecified atom stereocenters. The second-order valence-corrected chi connectivity index (χ2v) is 3.78. The summed E-state index contributed by atoms with van der Waals surface area (Å²) in [7, 11) is 1.55. The van der Waals surface area contributed by atoms with E-state index in [9.17, 15) is 9.18 Å². The molecule has 5 heteroatoms. The van der Waals surface area contributed by atoms with Crippen molar-refractivity contribution < 1.29 is 23.8 Å². The fourth-order valence-corrected chi connectivity index (χ4v) is 1.42. The van der Waals surface area contributed by atoms with Crippen molar-refractivity contribution in [2.45, 2.75) is 13.0 Å². The Balaban J connectivity index is 2.83. The molecule has 98 valence electrons. The fourth-order valence-electron chi connectivity index (χ4n) is 1.42. The van der Waals surface area contributed by atoms with Crippen molar-refractivity contribution in [3.8, 4) is 5.75 Å². The van der Waals surface area contributed by atoms with Crippen molar-refractivity contribution in [2.75, 3.05) is 13.7 Å². The highest BCUT2D eigenvalue weighted by Gasteiger charge is 2.06. The lowest BCUT2D eigenvalue weighted by atomic mass is 10.2. The van der Waals surface area contributed by atoms with Crippen LogP contribution in [0.3, 0.4) is 0 Å². The van der Waals surface area contributed by atoms with Gasteiger partial charge in [0.05, 0.1) is 6.61 Å². The molecule has 0 saturated heterocycles. The molecule has 1 rings (SSSR count). The zero-order valence-corrected chi connectivity index (χ0v) is 10.2. The van der Waals surface area contributed by atoms with Crippen LogP contribution in [-0.2, 0) is 9.53 Å². The molecule has 0 aliphatic rings. The number of benzene rings is 1. The number of carboxylic acids is 1. The molecule has 1 aromatic carbocycles.